The third-order valence-corrected chi connectivity index (χ3v) is 8.21. The number of aryl methyl sites for hydroxylation is 1. The predicted octanol–water partition coefficient (Wildman–Crippen LogP) is 5.85. The summed E-state index contributed by atoms with van der Waals surface area (Å²) in [5.74, 6) is 1.28. The molecule has 2 atom stereocenters. The first-order chi connectivity index (χ1) is 15.8. The lowest BCUT2D eigenvalue weighted by atomic mass is 9.70. The summed E-state index contributed by atoms with van der Waals surface area (Å²) in [6.07, 6.45) is 3.93. The minimum Gasteiger partial charge on any atom is -0.497 e. The third kappa shape index (κ3) is 4.45. The number of nitrogens with one attached hydrogen (secondary N) is 1. The van der Waals surface area contributed by atoms with E-state index in [1.165, 1.54) is 11.1 Å². The van der Waals surface area contributed by atoms with Crippen LogP contribution >= 0.6 is 11.6 Å². The first-order valence-corrected chi connectivity index (χ1v) is 12.4. The molecule has 3 fully saturated rings. The SMILES string of the molecule is COc1ccc(Cl)c(-c2ccc3c(c2)CCC(C)(C)C3NC(=O)O[C@@H]2CN3CCC2CC3)c1. The Hall–Kier alpha value is -2.24. The predicted molar refractivity (Wildman–Crippen MR) is 131 cm³/mol. The second-order valence-corrected chi connectivity index (χ2v) is 10.8. The molecule has 1 amide bonds. The molecule has 3 saturated heterocycles. The van der Waals surface area contributed by atoms with Crippen LogP contribution in [-0.2, 0) is 11.2 Å². The number of ether oxygens (including phenoxy) is 2. The summed E-state index contributed by atoms with van der Waals surface area (Å²) >= 11 is 6.50. The van der Waals surface area contributed by atoms with Crippen LogP contribution in [0.15, 0.2) is 36.4 Å². The standard InChI is InChI=1S/C27H33ClN2O3/c1-27(2)11-8-19-14-18(22-15-20(32-3)5-7-23(22)28)4-6-21(19)25(27)29-26(31)33-24-16-30-12-9-17(24)10-13-30/h4-7,14-15,17,24-25H,8-13,16H2,1-3H3,(H,29,31)/t24-,25?/m1/s1. The fraction of sp³-hybridized carbons (Fsp3) is 0.519. The molecule has 0 saturated carbocycles. The van der Waals surface area contributed by atoms with Crippen LogP contribution in [0.1, 0.15) is 50.3 Å². The van der Waals surface area contributed by atoms with Gasteiger partial charge in [0.05, 0.1) is 13.2 Å². The quantitative estimate of drug-likeness (QED) is 0.611. The lowest BCUT2D eigenvalue weighted by molar-refractivity contribution is -0.0353. The van der Waals surface area contributed by atoms with Crippen molar-refractivity contribution in [2.45, 2.75) is 51.7 Å². The molecule has 2 aromatic carbocycles. The van der Waals surface area contributed by atoms with E-state index in [-0.39, 0.29) is 23.7 Å². The van der Waals surface area contributed by atoms with Crippen LogP contribution in [-0.4, -0.2) is 43.8 Å². The van der Waals surface area contributed by atoms with Crippen LogP contribution in [0.25, 0.3) is 11.1 Å². The Morgan fingerprint density at radius 1 is 1.15 bits per heavy atom. The van der Waals surface area contributed by atoms with Crippen molar-refractivity contribution >= 4 is 17.7 Å². The van der Waals surface area contributed by atoms with Gasteiger partial charge in [0.15, 0.2) is 0 Å². The Labute approximate surface area is 201 Å². The van der Waals surface area contributed by atoms with E-state index in [4.69, 9.17) is 21.1 Å². The molecule has 1 N–H and O–H groups in total. The summed E-state index contributed by atoms with van der Waals surface area (Å²) in [5, 5.41) is 3.93. The molecule has 33 heavy (non-hydrogen) atoms. The van der Waals surface area contributed by atoms with E-state index in [2.05, 4.69) is 42.3 Å². The van der Waals surface area contributed by atoms with Crippen molar-refractivity contribution in [3.05, 3.63) is 52.5 Å². The molecule has 2 bridgehead atoms. The number of benzene rings is 2. The molecular formula is C27H33ClN2O3. The van der Waals surface area contributed by atoms with Gasteiger partial charge in [0.2, 0.25) is 0 Å². The molecule has 1 aliphatic carbocycles. The molecule has 5 nitrogen and oxygen atoms in total. The van der Waals surface area contributed by atoms with Crippen molar-refractivity contribution < 1.29 is 14.3 Å². The van der Waals surface area contributed by atoms with Crippen LogP contribution < -0.4 is 10.1 Å². The van der Waals surface area contributed by atoms with Gasteiger partial charge in [-0.3, -0.25) is 4.90 Å². The average Bonchev–Trinajstić information content (AvgIpc) is 2.82. The number of nitrogens with zero attached hydrogens (tertiary/aromatic N) is 1. The largest absolute Gasteiger partial charge is 0.497 e. The molecule has 1 unspecified atom stereocenters. The highest BCUT2D eigenvalue weighted by Crippen LogP contribution is 2.45. The summed E-state index contributed by atoms with van der Waals surface area (Å²) < 4.78 is 11.3. The normalized spacial score (nSPS) is 27.5. The third-order valence-electron chi connectivity index (χ3n) is 7.88. The van der Waals surface area contributed by atoms with E-state index in [0.29, 0.717) is 10.9 Å². The number of alkyl carbamates (subject to hydrolysis) is 1. The first-order valence-electron chi connectivity index (χ1n) is 12.0. The molecule has 0 aromatic heterocycles. The zero-order valence-electron chi connectivity index (χ0n) is 19.7. The number of rotatable bonds is 4. The van der Waals surface area contributed by atoms with Gasteiger partial charge in [-0.2, -0.15) is 0 Å². The maximum atomic E-state index is 13.0. The minimum atomic E-state index is -0.292. The Bertz CT molecular complexity index is 1050. The number of hydrogen-bond donors (Lipinski definition) is 1. The smallest absolute Gasteiger partial charge is 0.407 e. The van der Waals surface area contributed by atoms with Crippen molar-refractivity contribution in [1.82, 2.24) is 10.2 Å². The van der Waals surface area contributed by atoms with Crippen molar-refractivity contribution in [1.29, 1.82) is 0 Å². The number of carbonyl (C=O) groups is 1. The number of piperidine rings is 3. The van der Waals surface area contributed by atoms with Crippen LogP contribution in [0.3, 0.4) is 0 Å². The number of fused-ring (bicyclic) bond motifs is 4. The molecule has 6 heteroatoms. The van der Waals surface area contributed by atoms with Crippen LogP contribution in [0.4, 0.5) is 4.79 Å². The molecule has 0 radical (unpaired) electrons. The lowest BCUT2D eigenvalue weighted by Crippen LogP contribution is -2.53. The van der Waals surface area contributed by atoms with Gasteiger partial charge >= 0.3 is 6.09 Å². The number of amides is 1. The highest BCUT2D eigenvalue weighted by molar-refractivity contribution is 6.33. The van der Waals surface area contributed by atoms with E-state index >= 15 is 0 Å². The molecule has 4 aliphatic rings. The molecule has 2 aromatic rings. The van der Waals surface area contributed by atoms with E-state index in [1.807, 2.05) is 18.2 Å². The molecule has 3 heterocycles. The van der Waals surface area contributed by atoms with E-state index in [1.54, 1.807) is 7.11 Å². The summed E-state index contributed by atoms with van der Waals surface area (Å²) in [5.41, 5.74) is 4.37. The second-order valence-electron chi connectivity index (χ2n) is 10.4. The van der Waals surface area contributed by atoms with Gasteiger partial charge < -0.3 is 14.8 Å². The Kier molecular flexibility index (Phi) is 6.04. The molecule has 6 rings (SSSR count). The van der Waals surface area contributed by atoms with Crippen LogP contribution in [0, 0.1) is 11.3 Å². The Balaban J connectivity index is 1.37. The van der Waals surface area contributed by atoms with Gasteiger partial charge in [-0.05, 0) is 85.0 Å². The van der Waals surface area contributed by atoms with E-state index < -0.39 is 0 Å². The zero-order valence-corrected chi connectivity index (χ0v) is 20.5. The van der Waals surface area contributed by atoms with Crippen molar-refractivity contribution in [2.75, 3.05) is 26.7 Å². The molecular weight excluding hydrogens is 436 g/mol. The molecule has 176 valence electrons. The van der Waals surface area contributed by atoms with Gasteiger partial charge in [0.25, 0.3) is 0 Å². The molecule has 3 aliphatic heterocycles. The number of halogens is 1. The van der Waals surface area contributed by atoms with Gasteiger partial charge in [-0.1, -0.05) is 43.6 Å². The summed E-state index contributed by atoms with van der Waals surface area (Å²) in [6, 6.07) is 12.1. The topological polar surface area (TPSA) is 50.8 Å². The average molecular weight is 469 g/mol. The van der Waals surface area contributed by atoms with Gasteiger partial charge in [-0.25, -0.2) is 4.79 Å². The first kappa shape index (κ1) is 22.5. The van der Waals surface area contributed by atoms with Gasteiger partial charge in [-0.15, -0.1) is 0 Å². The Morgan fingerprint density at radius 3 is 2.64 bits per heavy atom. The monoisotopic (exact) mass is 468 g/mol. The zero-order chi connectivity index (χ0) is 23.2. The van der Waals surface area contributed by atoms with Crippen molar-refractivity contribution in [3.8, 4) is 16.9 Å². The maximum absolute atomic E-state index is 13.0. The maximum Gasteiger partial charge on any atom is 0.407 e. The molecule has 0 spiro atoms. The van der Waals surface area contributed by atoms with Crippen LogP contribution in [0.2, 0.25) is 5.02 Å². The minimum absolute atomic E-state index is 0.0104. The summed E-state index contributed by atoms with van der Waals surface area (Å²) in [6.45, 7) is 7.58. The van der Waals surface area contributed by atoms with Gasteiger partial charge in [0.1, 0.15) is 11.9 Å². The highest BCUT2D eigenvalue weighted by Gasteiger charge is 2.40. The lowest BCUT2D eigenvalue weighted by Gasteiger charge is -2.44. The summed E-state index contributed by atoms with van der Waals surface area (Å²) in [7, 11) is 1.66. The Morgan fingerprint density at radius 2 is 1.94 bits per heavy atom. The fourth-order valence-electron chi connectivity index (χ4n) is 5.75. The van der Waals surface area contributed by atoms with E-state index in [9.17, 15) is 4.79 Å². The van der Waals surface area contributed by atoms with Crippen molar-refractivity contribution in [3.63, 3.8) is 0 Å². The van der Waals surface area contributed by atoms with Gasteiger partial charge in [0, 0.05) is 17.1 Å². The van der Waals surface area contributed by atoms with Crippen molar-refractivity contribution in [2.24, 2.45) is 11.3 Å². The number of hydrogen-bond acceptors (Lipinski definition) is 4. The van der Waals surface area contributed by atoms with Crippen LogP contribution in [0.5, 0.6) is 5.75 Å². The second kappa shape index (κ2) is 8.84. The highest BCUT2D eigenvalue weighted by atomic mass is 35.5. The fourth-order valence-corrected chi connectivity index (χ4v) is 5.98. The summed E-state index contributed by atoms with van der Waals surface area (Å²) in [4.78, 5) is 15.4. The number of methoxy groups -OCH3 is 1. The number of carbonyl (C=O) groups excluding carboxylic acids is 1. The van der Waals surface area contributed by atoms with E-state index in [0.717, 1.165) is 62.2 Å².